The molecule has 17 heavy (non-hydrogen) atoms. The molecule has 0 saturated carbocycles. The largest absolute Gasteiger partial charge is 0.365 e. The van der Waals surface area contributed by atoms with Crippen LogP contribution in [-0.2, 0) is 0 Å². The van der Waals surface area contributed by atoms with Crippen molar-refractivity contribution in [1.82, 2.24) is 9.97 Å². The minimum absolute atomic E-state index is 0.00383. The monoisotopic (exact) mass is 237 g/mol. The van der Waals surface area contributed by atoms with E-state index in [2.05, 4.69) is 55.3 Å². The molecule has 1 heterocycles. The molecule has 0 radical (unpaired) electrons. The van der Waals surface area contributed by atoms with Crippen molar-refractivity contribution >= 4 is 11.6 Å². The van der Waals surface area contributed by atoms with Crippen molar-refractivity contribution < 1.29 is 0 Å². The highest BCUT2D eigenvalue weighted by Gasteiger charge is 2.20. The molecule has 0 bridgehead atoms. The molecule has 96 valence electrons. The predicted octanol–water partition coefficient (Wildman–Crippen LogP) is 2.49. The Kier molecular flexibility index (Phi) is 4.28. The van der Waals surface area contributed by atoms with Gasteiger partial charge in [0, 0.05) is 11.1 Å². The molecule has 0 saturated heterocycles. The first-order valence-corrected chi connectivity index (χ1v) is 6.01. The third kappa shape index (κ3) is 3.30. The maximum absolute atomic E-state index is 5.49. The van der Waals surface area contributed by atoms with Gasteiger partial charge in [0.25, 0.3) is 0 Å². The summed E-state index contributed by atoms with van der Waals surface area (Å²) in [5, 5.41) is 3.45. The summed E-state index contributed by atoms with van der Waals surface area (Å²) < 4.78 is 0. The van der Waals surface area contributed by atoms with Crippen LogP contribution in [0.1, 0.15) is 52.5 Å². The lowest BCUT2D eigenvalue weighted by atomic mass is 9.99. The molecule has 0 atom stereocenters. The number of anilines is 2. The van der Waals surface area contributed by atoms with Crippen LogP contribution in [0.25, 0.3) is 0 Å². The molecule has 0 unspecified atom stereocenters. The SMILES string of the molecule is CCC(C)(C)Nc1ncnc(NN)c1C(C)C. The molecule has 5 nitrogen and oxygen atoms in total. The minimum Gasteiger partial charge on any atom is -0.365 e. The number of rotatable bonds is 5. The summed E-state index contributed by atoms with van der Waals surface area (Å²) in [6, 6.07) is 0. The fourth-order valence-corrected chi connectivity index (χ4v) is 1.57. The normalized spacial score (nSPS) is 11.7. The summed E-state index contributed by atoms with van der Waals surface area (Å²) in [6.07, 6.45) is 2.54. The van der Waals surface area contributed by atoms with Crippen molar-refractivity contribution in [1.29, 1.82) is 0 Å². The first-order chi connectivity index (χ1) is 7.91. The number of nitrogens with zero attached hydrogens (tertiary/aromatic N) is 2. The second-order valence-corrected chi connectivity index (χ2v) is 5.15. The molecule has 5 heteroatoms. The van der Waals surface area contributed by atoms with E-state index in [9.17, 15) is 0 Å². The summed E-state index contributed by atoms with van der Waals surface area (Å²) in [5.74, 6) is 7.33. The number of nitrogens with two attached hydrogens (primary N) is 1. The summed E-state index contributed by atoms with van der Waals surface area (Å²) in [7, 11) is 0. The third-order valence-electron chi connectivity index (χ3n) is 2.94. The molecular weight excluding hydrogens is 214 g/mol. The van der Waals surface area contributed by atoms with Gasteiger partial charge >= 0.3 is 0 Å². The number of hydrogen-bond donors (Lipinski definition) is 3. The van der Waals surface area contributed by atoms with Gasteiger partial charge in [-0.1, -0.05) is 20.8 Å². The van der Waals surface area contributed by atoms with E-state index in [0.29, 0.717) is 11.7 Å². The van der Waals surface area contributed by atoms with Crippen molar-refractivity contribution in [2.24, 2.45) is 5.84 Å². The lowest BCUT2D eigenvalue weighted by Gasteiger charge is -2.27. The van der Waals surface area contributed by atoms with Crippen LogP contribution in [0.4, 0.5) is 11.6 Å². The fourth-order valence-electron chi connectivity index (χ4n) is 1.57. The molecule has 0 aromatic carbocycles. The van der Waals surface area contributed by atoms with Crippen molar-refractivity contribution in [2.45, 2.75) is 52.5 Å². The maximum atomic E-state index is 5.49. The summed E-state index contributed by atoms with van der Waals surface area (Å²) in [6.45, 7) is 10.6. The van der Waals surface area contributed by atoms with Crippen LogP contribution in [0.5, 0.6) is 0 Å². The zero-order valence-corrected chi connectivity index (χ0v) is 11.3. The fraction of sp³-hybridized carbons (Fsp3) is 0.667. The smallest absolute Gasteiger partial charge is 0.148 e. The van der Waals surface area contributed by atoms with Gasteiger partial charge in [-0.3, -0.25) is 0 Å². The highest BCUT2D eigenvalue weighted by atomic mass is 15.3. The zero-order chi connectivity index (χ0) is 13.1. The minimum atomic E-state index is 0.00383. The Labute approximate surface area is 103 Å². The number of hydrazine groups is 1. The van der Waals surface area contributed by atoms with Crippen LogP contribution < -0.4 is 16.6 Å². The van der Waals surface area contributed by atoms with Crippen LogP contribution in [0.15, 0.2) is 6.33 Å². The van der Waals surface area contributed by atoms with Crippen molar-refractivity contribution in [2.75, 3.05) is 10.7 Å². The third-order valence-corrected chi connectivity index (χ3v) is 2.94. The molecule has 0 amide bonds. The van der Waals surface area contributed by atoms with Gasteiger partial charge in [-0.2, -0.15) is 0 Å². The molecule has 4 N–H and O–H groups in total. The van der Waals surface area contributed by atoms with E-state index in [4.69, 9.17) is 5.84 Å². The summed E-state index contributed by atoms with van der Waals surface area (Å²) in [5.41, 5.74) is 3.66. The molecule has 0 aliphatic rings. The van der Waals surface area contributed by atoms with E-state index in [0.717, 1.165) is 17.8 Å². The standard InChI is InChI=1S/C12H23N5/c1-6-12(4,5)16-10-9(8(2)3)11(17-13)15-7-14-10/h7-8H,6,13H2,1-5H3,(H2,14,15,16,17). The average molecular weight is 237 g/mol. The van der Waals surface area contributed by atoms with Gasteiger partial charge in [0.2, 0.25) is 0 Å². The van der Waals surface area contributed by atoms with Gasteiger partial charge in [-0.25, -0.2) is 15.8 Å². The van der Waals surface area contributed by atoms with Gasteiger partial charge in [-0.15, -0.1) is 0 Å². The highest BCUT2D eigenvalue weighted by Crippen LogP contribution is 2.29. The number of nitrogen functional groups attached to an aromatic ring is 1. The van der Waals surface area contributed by atoms with E-state index in [1.54, 1.807) is 0 Å². The lowest BCUT2D eigenvalue weighted by molar-refractivity contribution is 0.543. The van der Waals surface area contributed by atoms with Crippen LogP contribution >= 0.6 is 0 Å². The van der Waals surface area contributed by atoms with E-state index in [1.807, 2.05) is 0 Å². The Hall–Kier alpha value is -1.36. The highest BCUT2D eigenvalue weighted by molar-refractivity contribution is 5.59. The Bertz CT molecular complexity index is 373. The second kappa shape index (κ2) is 5.31. The van der Waals surface area contributed by atoms with Gasteiger partial charge in [0.15, 0.2) is 0 Å². The van der Waals surface area contributed by atoms with Crippen LogP contribution in [0.2, 0.25) is 0 Å². The first-order valence-electron chi connectivity index (χ1n) is 6.01. The summed E-state index contributed by atoms with van der Waals surface area (Å²) in [4.78, 5) is 8.47. The predicted molar refractivity (Wildman–Crippen MR) is 71.9 cm³/mol. The molecule has 0 aliphatic heterocycles. The van der Waals surface area contributed by atoms with Crippen LogP contribution in [0.3, 0.4) is 0 Å². The summed E-state index contributed by atoms with van der Waals surface area (Å²) >= 11 is 0. The maximum Gasteiger partial charge on any atom is 0.148 e. The van der Waals surface area contributed by atoms with Gasteiger partial charge in [0.05, 0.1) is 0 Å². The number of aromatic nitrogens is 2. The molecule has 0 aliphatic carbocycles. The van der Waals surface area contributed by atoms with Gasteiger partial charge in [-0.05, 0) is 26.2 Å². The molecule has 0 fully saturated rings. The van der Waals surface area contributed by atoms with Gasteiger partial charge < -0.3 is 10.7 Å². The Morgan fingerprint density at radius 1 is 1.29 bits per heavy atom. The van der Waals surface area contributed by atoms with Crippen molar-refractivity contribution in [3.8, 4) is 0 Å². The zero-order valence-electron chi connectivity index (χ0n) is 11.3. The van der Waals surface area contributed by atoms with E-state index in [-0.39, 0.29) is 5.54 Å². The Morgan fingerprint density at radius 3 is 2.35 bits per heavy atom. The Morgan fingerprint density at radius 2 is 1.88 bits per heavy atom. The second-order valence-electron chi connectivity index (χ2n) is 5.15. The van der Waals surface area contributed by atoms with E-state index < -0.39 is 0 Å². The lowest BCUT2D eigenvalue weighted by Crippen LogP contribution is -2.31. The molecule has 1 aromatic rings. The van der Waals surface area contributed by atoms with Gasteiger partial charge in [0.1, 0.15) is 18.0 Å². The number of hydrogen-bond acceptors (Lipinski definition) is 5. The quantitative estimate of drug-likeness (QED) is 0.542. The topological polar surface area (TPSA) is 75.9 Å². The van der Waals surface area contributed by atoms with Crippen LogP contribution in [-0.4, -0.2) is 15.5 Å². The van der Waals surface area contributed by atoms with E-state index >= 15 is 0 Å². The van der Waals surface area contributed by atoms with Crippen molar-refractivity contribution in [3.05, 3.63) is 11.9 Å². The van der Waals surface area contributed by atoms with Crippen LogP contribution in [0, 0.1) is 0 Å². The van der Waals surface area contributed by atoms with Crippen molar-refractivity contribution in [3.63, 3.8) is 0 Å². The average Bonchev–Trinajstić information content (AvgIpc) is 2.27. The first kappa shape index (κ1) is 13.7. The number of nitrogens with one attached hydrogen (secondary N) is 2. The molecule has 1 aromatic heterocycles. The molecular formula is C12H23N5. The van der Waals surface area contributed by atoms with E-state index in [1.165, 1.54) is 6.33 Å². The Balaban J connectivity index is 3.15. The molecule has 1 rings (SSSR count). The molecule has 0 spiro atoms.